The highest BCUT2D eigenvalue weighted by molar-refractivity contribution is 7.13. The monoisotopic (exact) mass is 253 g/mol. The SMILES string of the molecule is Cc1ncc(C(=O)N(C)C2CCCNCC2)s1. The van der Waals surface area contributed by atoms with Crippen molar-refractivity contribution >= 4 is 17.2 Å². The lowest BCUT2D eigenvalue weighted by atomic mass is 10.1. The highest BCUT2D eigenvalue weighted by Gasteiger charge is 2.23. The number of nitrogens with zero attached hydrogens (tertiary/aromatic N) is 2. The fourth-order valence-electron chi connectivity index (χ4n) is 2.19. The third-order valence-corrected chi connectivity index (χ3v) is 4.15. The van der Waals surface area contributed by atoms with Gasteiger partial charge in [-0.15, -0.1) is 11.3 Å². The fraction of sp³-hybridized carbons (Fsp3) is 0.667. The summed E-state index contributed by atoms with van der Waals surface area (Å²) in [6.45, 7) is 4.00. The van der Waals surface area contributed by atoms with Gasteiger partial charge in [0.05, 0.1) is 11.2 Å². The minimum atomic E-state index is 0.113. The molecule has 1 atom stereocenters. The van der Waals surface area contributed by atoms with Gasteiger partial charge in [-0.2, -0.15) is 0 Å². The van der Waals surface area contributed by atoms with Crippen LogP contribution in [0.15, 0.2) is 6.20 Å². The number of nitrogens with one attached hydrogen (secondary N) is 1. The largest absolute Gasteiger partial charge is 0.338 e. The number of carbonyl (C=O) groups excluding carboxylic acids is 1. The molecule has 0 aliphatic carbocycles. The maximum absolute atomic E-state index is 12.2. The summed E-state index contributed by atoms with van der Waals surface area (Å²) in [5.41, 5.74) is 0. The minimum absolute atomic E-state index is 0.113. The molecule has 1 unspecified atom stereocenters. The van der Waals surface area contributed by atoms with Crippen LogP contribution in [-0.2, 0) is 0 Å². The maximum Gasteiger partial charge on any atom is 0.265 e. The molecule has 1 aromatic heterocycles. The quantitative estimate of drug-likeness (QED) is 0.872. The van der Waals surface area contributed by atoms with Crippen LogP contribution in [0, 0.1) is 6.92 Å². The molecule has 2 rings (SSSR count). The molecule has 0 bridgehead atoms. The van der Waals surface area contributed by atoms with E-state index >= 15 is 0 Å². The van der Waals surface area contributed by atoms with Crippen LogP contribution < -0.4 is 5.32 Å². The first kappa shape index (κ1) is 12.5. The number of aromatic nitrogens is 1. The van der Waals surface area contributed by atoms with Gasteiger partial charge in [-0.05, 0) is 39.3 Å². The molecule has 0 spiro atoms. The highest BCUT2D eigenvalue weighted by atomic mass is 32.1. The summed E-state index contributed by atoms with van der Waals surface area (Å²) in [7, 11) is 1.91. The first-order valence-corrected chi connectivity index (χ1v) is 6.90. The maximum atomic E-state index is 12.2. The van der Waals surface area contributed by atoms with Gasteiger partial charge in [0, 0.05) is 13.1 Å². The number of thiazole rings is 1. The van der Waals surface area contributed by atoms with Crippen LogP contribution in [0.1, 0.15) is 33.9 Å². The van der Waals surface area contributed by atoms with Crippen LogP contribution in [0.4, 0.5) is 0 Å². The van der Waals surface area contributed by atoms with Gasteiger partial charge in [0.2, 0.25) is 0 Å². The van der Waals surface area contributed by atoms with Crippen molar-refractivity contribution in [2.45, 2.75) is 32.2 Å². The zero-order valence-corrected chi connectivity index (χ0v) is 11.2. The number of hydrogen-bond acceptors (Lipinski definition) is 4. The topological polar surface area (TPSA) is 45.2 Å². The fourth-order valence-corrected chi connectivity index (χ4v) is 2.95. The highest BCUT2D eigenvalue weighted by Crippen LogP contribution is 2.18. The second-order valence-corrected chi connectivity index (χ2v) is 5.73. The van der Waals surface area contributed by atoms with Crippen LogP contribution >= 0.6 is 11.3 Å². The molecule has 17 heavy (non-hydrogen) atoms. The van der Waals surface area contributed by atoms with Gasteiger partial charge in [0.25, 0.3) is 5.91 Å². The number of aryl methyl sites for hydroxylation is 1. The molecule has 1 amide bonds. The zero-order valence-electron chi connectivity index (χ0n) is 10.4. The Morgan fingerprint density at radius 1 is 1.53 bits per heavy atom. The summed E-state index contributed by atoms with van der Waals surface area (Å²) >= 11 is 1.48. The number of amides is 1. The molecule has 5 heteroatoms. The zero-order chi connectivity index (χ0) is 12.3. The Balaban J connectivity index is 2.03. The van der Waals surface area contributed by atoms with Crippen LogP contribution in [0.5, 0.6) is 0 Å². The molecule has 1 fully saturated rings. The number of rotatable bonds is 2. The van der Waals surface area contributed by atoms with Crippen molar-refractivity contribution in [1.82, 2.24) is 15.2 Å². The van der Waals surface area contributed by atoms with Crippen molar-refractivity contribution < 1.29 is 4.79 Å². The van der Waals surface area contributed by atoms with Crippen molar-refractivity contribution in [1.29, 1.82) is 0 Å². The molecule has 1 aliphatic heterocycles. The molecule has 0 aromatic carbocycles. The van der Waals surface area contributed by atoms with E-state index in [1.807, 2.05) is 18.9 Å². The van der Waals surface area contributed by atoms with E-state index in [9.17, 15) is 4.79 Å². The lowest BCUT2D eigenvalue weighted by Gasteiger charge is -2.26. The Hall–Kier alpha value is -0.940. The van der Waals surface area contributed by atoms with Crippen molar-refractivity contribution in [3.8, 4) is 0 Å². The van der Waals surface area contributed by atoms with Crippen molar-refractivity contribution in [3.63, 3.8) is 0 Å². The van der Waals surface area contributed by atoms with E-state index in [-0.39, 0.29) is 5.91 Å². The van der Waals surface area contributed by atoms with E-state index in [4.69, 9.17) is 0 Å². The van der Waals surface area contributed by atoms with Crippen LogP contribution in [0.25, 0.3) is 0 Å². The Bertz CT molecular complexity index is 383. The summed E-state index contributed by atoms with van der Waals surface area (Å²) < 4.78 is 0. The molecule has 1 aliphatic rings. The number of hydrogen-bond donors (Lipinski definition) is 1. The van der Waals surface area contributed by atoms with Gasteiger partial charge in [-0.25, -0.2) is 4.98 Å². The van der Waals surface area contributed by atoms with Crippen molar-refractivity contribution in [2.75, 3.05) is 20.1 Å². The summed E-state index contributed by atoms with van der Waals surface area (Å²) in [5.74, 6) is 0.113. The molecule has 4 nitrogen and oxygen atoms in total. The second-order valence-electron chi connectivity index (χ2n) is 4.49. The van der Waals surface area contributed by atoms with Crippen molar-refractivity contribution in [2.24, 2.45) is 0 Å². The summed E-state index contributed by atoms with van der Waals surface area (Å²) in [4.78, 5) is 19.0. The molecule has 2 heterocycles. The third kappa shape index (κ3) is 3.04. The Morgan fingerprint density at radius 2 is 2.35 bits per heavy atom. The molecule has 0 saturated carbocycles. The standard InChI is InChI=1S/C12H19N3OS/c1-9-14-8-11(17-9)12(16)15(2)10-4-3-6-13-7-5-10/h8,10,13H,3-7H2,1-2H3. The minimum Gasteiger partial charge on any atom is -0.338 e. The first-order valence-electron chi connectivity index (χ1n) is 6.09. The van der Waals surface area contributed by atoms with E-state index < -0.39 is 0 Å². The summed E-state index contributed by atoms with van der Waals surface area (Å²) in [6, 6.07) is 0.361. The summed E-state index contributed by atoms with van der Waals surface area (Å²) in [6.07, 6.45) is 4.96. The average molecular weight is 253 g/mol. The lowest BCUT2D eigenvalue weighted by molar-refractivity contribution is 0.0725. The summed E-state index contributed by atoms with van der Waals surface area (Å²) in [5, 5.41) is 4.32. The molecule has 0 radical (unpaired) electrons. The Labute approximate surface area is 106 Å². The third-order valence-electron chi connectivity index (χ3n) is 3.25. The Kier molecular flexibility index (Phi) is 4.12. The van der Waals surface area contributed by atoms with E-state index in [1.54, 1.807) is 6.20 Å². The van der Waals surface area contributed by atoms with Gasteiger partial charge >= 0.3 is 0 Å². The smallest absolute Gasteiger partial charge is 0.265 e. The molecule has 1 saturated heterocycles. The van der Waals surface area contributed by atoms with Gasteiger partial charge < -0.3 is 10.2 Å². The van der Waals surface area contributed by atoms with Gasteiger partial charge in [0.15, 0.2) is 0 Å². The normalized spacial score (nSPS) is 20.9. The molecule has 1 aromatic rings. The molecule has 1 N–H and O–H groups in total. The lowest BCUT2D eigenvalue weighted by Crippen LogP contribution is -2.37. The molecular weight excluding hydrogens is 234 g/mol. The predicted molar refractivity (Wildman–Crippen MR) is 69.5 cm³/mol. The molecular formula is C12H19N3OS. The van der Waals surface area contributed by atoms with E-state index in [1.165, 1.54) is 11.3 Å². The van der Waals surface area contributed by atoms with Crippen LogP contribution in [-0.4, -0.2) is 42.0 Å². The average Bonchev–Trinajstić information content (AvgIpc) is 2.60. The van der Waals surface area contributed by atoms with Gasteiger partial charge in [0.1, 0.15) is 4.88 Å². The van der Waals surface area contributed by atoms with Crippen LogP contribution in [0.3, 0.4) is 0 Å². The predicted octanol–water partition coefficient (Wildman–Crippen LogP) is 1.67. The second kappa shape index (κ2) is 5.60. The van der Waals surface area contributed by atoms with E-state index in [2.05, 4.69) is 10.3 Å². The molecule has 94 valence electrons. The van der Waals surface area contributed by atoms with E-state index in [0.29, 0.717) is 6.04 Å². The van der Waals surface area contributed by atoms with Gasteiger partial charge in [-0.1, -0.05) is 0 Å². The van der Waals surface area contributed by atoms with Gasteiger partial charge in [-0.3, -0.25) is 4.79 Å². The Morgan fingerprint density at radius 3 is 3.06 bits per heavy atom. The number of carbonyl (C=O) groups is 1. The first-order chi connectivity index (χ1) is 8.18. The van der Waals surface area contributed by atoms with Crippen LogP contribution in [0.2, 0.25) is 0 Å². The van der Waals surface area contributed by atoms with Crippen molar-refractivity contribution in [3.05, 3.63) is 16.1 Å². The van der Waals surface area contributed by atoms with E-state index in [0.717, 1.165) is 42.2 Å².